The third-order valence-electron chi connectivity index (χ3n) is 4.42. The molecule has 0 radical (unpaired) electrons. The predicted molar refractivity (Wildman–Crippen MR) is 117 cm³/mol. The summed E-state index contributed by atoms with van der Waals surface area (Å²) in [5.74, 6) is -1.02. The maximum atomic E-state index is 12.8. The van der Waals surface area contributed by atoms with E-state index in [1.54, 1.807) is 56.3 Å². The second-order valence-electron chi connectivity index (χ2n) is 7.16. The maximum Gasteiger partial charge on any atom is 0.287 e. The van der Waals surface area contributed by atoms with E-state index in [1.165, 1.54) is 30.5 Å². The monoisotopic (exact) mass is 441 g/mol. The Kier molecular flexibility index (Phi) is 6.76. The van der Waals surface area contributed by atoms with Crippen LogP contribution >= 0.6 is 0 Å². The van der Waals surface area contributed by atoms with Gasteiger partial charge in [-0.2, -0.15) is 0 Å². The fourth-order valence-electron chi connectivity index (χ4n) is 2.85. The Morgan fingerprint density at radius 2 is 1.61 bits per heavy atom. The van der Waals surface area contributed by atoms with Gasteiger partial charge in [0.15, 0.2) is 5.76 Å². The zero-order chi connectivity index (χ0) is 22.4. The number of benzene rings is 2. The number of rotatable bonds is 8. The molecule has 8 nitrogen and oxygen atoms in total. The number of carbonyl (C=O) groups excluding carboxylic acids is 2. The molecule has 0 spiro atoms. The first-order chi connectivity index (χ1) is 14.8. The highest BCUT2D eigenvalue weighted by molar-refractivity contribution is 7.92. The van der Waals surface area contributed by atoms with Crippen molar-refractivity contribution in [3.63, 3.8) is 0 Å². The van der Waals surface area contributed by atoms with Gasteiger partial charge >= 0.3 is 0 Å². The molecule has 3 rings (SSSR count). The van der Waals surface area contributed by atoms with Gasteiger partial charge in [0.25, 0.3) is 15.9 Å². The lowest BCUT2D eigenvalue weighted by Gasteiger charge is -2.21. The van der Waals surface area contributed by atoms with Gasteiger partial charge in [0, 0.05) is 5.69 Å². The zero-order valence-corrected chi connectivity index (χ0v) is 17.8. The number of hydrogen-bond donors (Lipinski definition) is 3. The Hall–Kier alpha value is -3.59. The van der Waals surface area contributed by atoms with E-state index >= 15 is 0 Å². The van der Waals surface area contributed by atoms with E-state index in [4.69, 9.17) is 4.42 Å². The van der Waals surface area contributed by atoms with Crippen molar-refractivity contribution < 1.29 is 22.4 Å². The third-order valence-corrected chi connectivity index (χ3v) is 5.81. The molecular formula is C22H23N3O5S. The number of furan rings is 1. The SMILES string of the molecule is CC(C)C(NC(=O)c1ccco1)C(=O)Nc1cccc(NS(=O)(=O)c2ccccc2)c1. The van der Waals surface area contributed by atoms with E-state index in [2.05, 4.69) is 15.4 Å². The third kappa shape index (κ3) is 5.73. The molecule has 31 heavy (non-hydrogen) atoms. The number of sulfonamides is 1. The van der Waals surface area contributed by atoms with Gasteiger partial charge in [-0.05, 0) is 48.4 Å². The summed E-state index contributed by atoms with van der Waals surface area (Å²) in [6, 6.07) is 16.6. The summed E-state index contributed by atoms with van der Waals surface area (Å²) in [4.78, 5) is 25.2. The van der Waals surface area contributed by atoms with Gasteiger partial charge in [-0.3, -0.25) is 14.3 Å². The quantitative estimate of drug-likeness (QED) is 0.495. The van der Waals surface area contributed by atoms with Crippen LogP contribution in [0.2, 0.25) is 0 Å². The van der Waals surface area contributed by atoms with Crippen LogP contribution in [-0.4, -0.2) is 26.3 Å². The molecule has 3 N–H and O–H groups in total. The molecular weight excluding hydrogens is 418 g/mol. The first kappa shape index (κ1) is 22.1. The van der Waals surface area contributed by atoms with Gasteiger partial charge in [-0.25, -0.2) is 8.42 Å². The van der Waals surface area contributed by atoms with Crippen molar-refractivity contribution in [1.82, 2.24) is 5.32 Å². The minimum atomic E-state index is -3.76. The van der Waals surface area contributed by atoms with Gasteiger partial charge in [0.2, 0.25) is 5.91 Å². The first-order valence-corrected chi connectivity index (χ1v) is 11.1. The molecule has 9 heteroatoms. The summed E-state index contributed by atoms with van der Waals surface area (Å²) >= 11 is 0. The summed E-state index contributed by atoms with van der Waals surface area (Å²) in [5, 5.41) is 5.38. The van der Waals surface area contributed by atoms with Crippen LogP contribution < -0.4 is 15.4 Å². The molecule has 1 atom stereocenters. The summed E-state index contributed by atoms with van der Waals surface area (Å²) in [5.41, 5.74) is 0.679. The molecule has 0 aliphatic carbocycles. The van der Waals surface area contributed by atoms with Gasteiger partial charge < -0.3 is 15.1 Å². The maximum absolute atomic E-state index is 12.8. The van der Waals surface area contributed by atoms with Crippen molar-refractivity contribution in [3.8, 4) is 0 Å². The number of anilines is 2. The minimum Gasteiger partial charge on any atom is -0.459 e. The van der Waals surface area contributed by atoms with Crippen molar-refractivity contribution in [2.45, 2.75) is 24.8 Å². The molecule has 2 amide bonds. The Balaban J connectivity index is 1.71. The molecule has 3 aromatic rings. The Bertz CT molecular complexity index is 1140. The van der Waals surface area contributed by atoms with E-state index in [9.17, 15) is 18.0 Å². The highest BCUT2D eigenvalue weighted by Gasteiger charge is 2.26. The van der Waals surface area contributed by atoms with Crippen LogP contribution in [0.5, 0.6) is 0 Å². The smallest absolute Gasteiger partial charge is 0.287 e. The van der Waals surface area contributed by atoms with E-state index in [1.807, 2.05) is 0 Å². The number of hydrogen-bond acceptors (Lipinski definition) is 5. The number of nitrogens with one attached hydrogen (secondary N) is 3. The molecule has 0 bridgehead atoms. The van der Waals surface area contributed by atoms with Crippen LogP contribution in [0.1, 0.15) is 24.4 Å². The van der Waals surface area contributed by atoms with Crippen LogP contribution in [-0.2, 0) is 14.8 Å². The summed E-state index contributed by atoms with van der Waals surface area (Å²) < 4.78 is 32.6. The second-order valence-corrected chi connectivity index (χ2v) is 8.84. The number of amides is 2. The fourth-order valence-corrected chi connectivity index (χ4v) is 3.92. The highest BCUT2D eigenvalue weighted by Crippen LogP contribution is 2.20. The van der Waals surface area contributed by atoms with E-state index in [-0.39, 0.29) is 16.6 Å². The number of carbonyl (C=O) groups is 2. The molecule has 0 aliphatic rings. The molecule has 0 saturated heterocycles. The van der Waals surface area contributed by atoms with Gasteiger partial charge in [-0.15, -0.1) is 0 Å². The van der Waals surface area contributed by atoms with E-state index in [0.717, 1.165) is 0 Å². The summed E-state index contributed by atoms with van der Waals surface area (Å²) in [7, 11) is -3.76. The van der Waals surface area contributed by atoms with Gasteiger partial charge in [0.05, 0.1) is 16.8 Å². The lowest BCUT2D eigenvalue weighted by Crippen LogP contribution is -2.47. The van der Waals surface area contributed by atoms with Crippen molar-refractivity contribution in [2.24, 2.45) is 5.92 Å². The first-order valence-electron chi connectivity index (χ1n) is 9.59. The Morgan fingerprint density at radius 1 is 0.903 bits per heavy atom. The van der Waals surface area contributed by atoms with Gasteiger partial charge in [0.1, 0.15) is 6.04 Å². The van der Waals surface area contributed by atoms with Crippen molar-refractivity contribution >= 4 is 33.2 Å². The molecule has 1 aromatic heterocycles. The van der Waals surface area contributed by atoms with E-state index in [0.29, 0.717) is 11.4 Å². The van der Waals surface area contributed by atoms with Crippen LogP contribution in [0.25, 0.3) is 0 Å². The zero-order valence-electron chi connectivity index (χ0n) is 17.0. The second kappa shape index (κ2) is 9.48. The molecule has 0 saturated carbocycles. The van der Waals surface area contributed by atoms with Crippen molar-refractivity contribution in [3.05, 3.63) is 78.8 Å². The lowest BCUT2D eigenvalue weighted by molar-refractivity contribution is -0.118. The topological polar surface area (TPSA) is 118 Å². The molecule has 162 valence electrons. The Morgan fingerprint density at radius 3 is 2.26 bits per heavy atom. The van der Waals surface area contributed by atoms with Crippen LogP contribution in [0.3, 0.4) is 0 Å². The average Bonchev–Trinajstić information content (AvgIpc) is 3.27. The fraction of sp³-hybridized carbons (Fsp3) is 0.182. The molecule has 2 aromatic carbocycles. The normalized spacial score (nSPS) is 12.2. The molecule has 0 aliphatic heterocycles. The van der Waals surface area contributed by atoms with Crippen molar-refractivity contribution in [2.75, 3.05) is 10.0 Å². The van der Waals surface area contributed by atoms with Gasteiger partial charge in [-0.1, -0.05) is 38.1 Å². The standard InChI is InChI=1S/C22H23N3O5S/c1-15(2)20(24-21(26)19-12-7-13-30-19)22(27)23-16-8-6-9-17(14-16)25-31(28,29)18-10-4-3-5-11-18/h3-15,20,25H,1-2H3,(H,23,27)(H,24,26). The summed E-state index contributed by atoms with van der Waals surface area (Å²) in [6.07, 6.45) is 1.38. The molecule has 1 unspecified atom stereocenters. The van der Waals surface area contributed by atoms with Crippen LogP contribution in [0.15, 0.2) is 82.3 Å². The highest BCUT2D eigenvalue weighted by atomic mass is 32.2. The Labute approximate surface area is 180 Å². The minimum absolute atomic E-state index is 0.107. The predicted octanol–water partition coefficient (Wildman–Crippen LogP) is 3.47. The molecule has 0 fully saturated rings. The average molecular weight is 442 g/mol. The van der Waals surface area contributed by atoms with Crippen molar-refractivity contribution in [1.29, 1.82) is 0 Å². The van der Waals surface area contributed by atoms with Crippen LogP contribution in [0, 0.1) is 5.92 Å². The summed E-state index contributed by atoms with van der Waals surface area (Å²) in [6.45, 7) is 3.61. The molecule has 1 heterocycles. The van der Waals surface area contributed by atoms with Crippen LogP contribution in [0.4, 0.5) is 11.4 Å². The lowest BCUT2D eigenvalue weighted by atomic mass is 10.0. The largest absolute Gasteiger partial charge is 0.459 e. The van der Waals surface area contributed by atoms with E-state index < -0.39 is 27.9 Å².